The highest BCUT2D eigenvalue weighted by Gasteiger charge is 2.06. The van der Waals surface area contributed by atoms with Crippen LogP contribution in [-0.2, 0) is 11.2 Å². The molecular formula is C29H35FN2O. The van der Waals surface area contributed by atoms with Gasteiger partial charge < -0.3 is 4.74 Å². The minimum absolute atomic E-state index is 0.214. The molecule has 0 fully saturated rings. The summed E-state index contributed by atoms with van der Waals surface area (Å²) in [5, 5.41) is 0.938. The Kier molecular flexibility index (Phi) is 9.77. The maximum atomic E-state index is 14.7. The quantitative estimate of drug-likeness (QED) is 0.197. The van der Waals surface area contributed by atoms with Crippen LogP contribution in [0.4, 0.5) is 4.39 Å². The molecule has 1 unspecified atom stereocenters. The van der Waals surface area contributed by atoms with Gasteiger partial charge in [-0.15, -0.1) is 6.58 Å². The molecule has 0 aliphatic heterocycles. The maximum absolute atomic E-state index is 14.7. The van der Waals surface area contributed by atoms with Crippen LogP contribution < -0.4 is 0 Å². The third-order valence-electron chi connectivity index (χ3n) is 5.72. The van der Waals surface area contributed by atoms with Crippen molar-refractivity contribution >= 4 is 17.0 Å². The normalized spacial score (nSPS) is 12.5. The van der Waals surface area contributed by atoms with Crippen molar-refractivity contribution in [1.82, 2.24) is 9.97 Å². The predicted molar refractivity (Wildman–Crippen MR) is 137 cm³/mol. The van der Waals surface area contributed by atoms with Crippen molar-refractivity contribution in [2.75, 3.05) is 6.61 Å². The first-order chi connectivity index (χ1) is 16.1. The van der Waals surface area contributed by atoms with Gasteiger partial charge in [0, 0.05) is 30.2 Å². The van der Waals surface area contributed by atoms with Gasteiger partial charge in [-0.3, -0.25) is 0 Å². The molecule has 0 aliphatic carbocycles. The van der Waals surface area contributed by atoms with E-state index in [2.05, 4.69) is 36.5 Å². The second-order valence-electron chi connectivity index (χ2n) is 8.51. The summed E-state index contributed by atoms with van der Waals surface area (Å²) >= 11 is 0. The van der Waals surface area contributed by atoms with Gasteiger partial charge in [-0.1, -0.05) is 56.2 Å². The molecule has 3 rings (SSSR count). The summed E-state index contributed by atoms with van der Waals surface area (Å²) in [4.78, 5) is 8.91. The molecule has 0 saturated carbocycles. The molecule has 0 amide bonds. The lowest BCUT2D eigenvalue weighted by Crippen LogP contribution is -2.08. The first-order valence-corrected chi connectivity index (χ1v) is 12.1. The third kappa shape index (κ3) is 7.61. The molecule has 4 heteroatoms. The fourth-order valence-electron chi connectivity index (χ4n) is 3.77. The molecule has 0 spiro atoms. The Balaban J connectivity index is 1.55. The van der Waals surface area contributed by atoms with Crippen LogP contribution in [0.5, 0.6) is 0 Å². The van der Waals surface area contributed by atoms with Crippen molar-refractivity contribution in [1.29, 1.82) is 0 Å². The fraction of sp³-hybridized carbons (Fsp3) is 0.379. The monoisotopic (exact) mass is 446 g/mol. The molecule has 1 aromatic heterocycles. The molecule has 0 bridgehead atoms. The second-order valence-corrected chi connectivity index (χ2v) is 8.51. The Morgan fingerprint density at radius 3 is 2.70 bits per heavy atom. The summed E-state index contributed by atoms with van der Waals surface area (Å²) in [6.45, 7) is 8.91. The highest BCUT2D eigenvalue weighted by molar-refractivity contribution is 5.84. The molecule has 2 aromatic carbocycles. The third-order valence-corrected chi connectivity index (χ3v) is 5.72. The molecule has 174 valence electrons. The molecule has 1 atom stereocenters. The maximum Gasteiger partial charge on any atom is 0.132 e. The topological polar surface area (TPSA) is 35.0 Å². The Labute approximate surface area is 197 Å². The number of rotatable bonds is 13. The van der Waals surface area contributed by atoms with Crippen molar-refractivity contribution in [2.45, 2.75) is 64.9 Å². The second kappa shape index (κ2) is 13.0. The zero-order valence-corrected chi connectivity index (χ0v) is 19.9. The Hall–Kier alpha value is -2.85. The first kappa shape index (κ1) is 24.8. The highest BCUT2D eigenvalue weighted by Crippen LogP contribution is 2.26. The van der Waals surface area contributed by atoms with Gasteiger partial charge >= 0.3 is 0 Å². The summed E-state index contributed by atoms with van der Waals surface area (Å²) in [5.41, 5.74) is 3.28. The van der Waals surface area contributed by atoms with E-state index in [-0.39, 0.29) is 11.9 Å². The molecule has 1 heterocycles. The minimum atomic E-state index is -0.214. The number of halogens is 1. The van der Waals surface area contributed by atoms with E-state index in [0.29, 0.717) is 12.0 Å². The highest BCUT2D eigenvalue weighted by atomic mass is 19.1. The molecule has 0 radical (unpaired) electrons. The molecule has 3 nitrogen and oxygen atoms in total. The van der Waals surface area contributed by atoms with E-state index in [4.69, 9.17) is 4.74 Å². The van der Waals surface area contributed by atoms with Gasteiger partial charge in [0.2, 0.25) is 0 Å². The van der Waals surface area contributed by atoms with Crippen molar-refractivity contribution in [3.63, 3.8) is 0 Å². The van der Waals surface area contributed by atoms with Gasteiger partial charge in [-0.25, -0.2) is 14.4 Å². The van der Waals surface area contributed by atoms with Crippen LogP contribution in [0.15, 0.2) is 61.3 Å². The molecule has 3 aromatic rings. The Morgan fingerprint density at radius 2 is 1.91 bits per heavy atom. The number of nitrogens with zero attached hydrogens (tertiary/aromatic N) is 2. The van der Waals surface area contributed by atoms with Crippen molar-refractivity contribution in [2.24, 2.45) is 0 Å². The van der Waals surface area contributed by atoms with E-state index in [0.717, 1.165) is 60.1 Å². The average Bonchev–Trinajstić information content (AvgIpc) is 2.82. The van der Waals surface area contributed by atoms with E-state index in [1.54, 1.807) is 12.1 Å². The SMILES string of the molecule is C=CCc1ncc2cc(-c3ccc(/C=C/CCCC(C)OCCCCC)c(F)c3)ccc2n1. The van der Waals surface area contributed by atoms with Gasteiger partial charge in [0.25, 0.3) is 0 Å². The molecule has 0 saturated heterocycles. The van der Waals surface area contributed by atoms with Crippen LogP contribution in [0.2, 0.25) is 0 Å². The van der Waals surface area contributed by atoms with E-state index in [1.807, 2.05) is 42.6 Å². The Bertz CT molecular complexity index is 1080. The van der Waals surface area contributed by atoms with E-state index in [9.17, 15) is 4.39 Å². The lowest BCUT2D eigenvalue weighted by molar-refractivity contribution is 0.0566. The smallest absolute Gasteiger partial charge is 0.132 e. The summed E-state index contributed by atoms with van der Waals surface area (Å²) in [6.07, 6.45) is 15.0. The number of ether oxygens (including phenoxy) is 1. The summed E-state index contributed by atoms with van der Waals surface area (Å²) < 4.78 is 20.6. The van der Waals surface area contributed by atoms with Crippen molar-refractivity contribution in [3.8, 4) is 11.1 Å². The largest absolute Gasteiger partial charge is 0.379 e. The van der Waals surface area contributed by atoms with Gasteiger partial charge in [-0.2, -0.15) is 0 Å². The van der Waals surface area contributed by atoms with E-state index in [1.165, 1.54) is 12.8 Å². The summed E-state index contributed by atoms with van der Waals surface area (Å²) in [7, 11) is 0. The molecule has 33 heavy (non-hydrogen) atoms. The number of allylic oxidation sites excluding steroid dienone is 2. The van der Waals surface area contributed by atoms with Crippen LogP contribution in [0.25, 0.3) is 28.1 Å². The van der Waals surface area contributed by atoms with Crippen LogP contribution >= 0.6 is 0 Å². The number of fused-ring (bicyclic) bond motifs is 1. The molecular weight excluding hydrogens is 411 g/mol. The van der Waals surface area contributed by atoms with Gasteiger partial charge in [0.05, 0.1) is 11.6 Å². The van der Waals surface area contributed by atoms with Gasteiger partial charge in [0.1, 0.15) is 11.6 Å². The van der Waals surface area contributed by atoms with Gasteiger partial charge in [-0.05, 0) is 61.9 Å². The van der Waals surface area contributed by atoms with Crippen molar-refractivity contribution < 1.29 is 9.13 Å². The minimum Gasteiger partial charge on any atom is -0.379 e. The number of aromatic nitrogens is 2. The summed E-state index contributed by atoms with van der Waals surface area (Å²) in [6, 6.07) is 11.3. The Morgan fingerprint density at radius 1 is 1.09 bits per heavy atom. The summed E-state index contributed by atoms with van der Waals surface area (Å²) in [5.74, 6) is 0.537. The van der Waals surface area contributed by atoms with E-state index < -0.39 is 0 Å². The lowest BCUT2D eigenvalue weighted by atomic mass is 10.0. The zero-order chi connectivity index (χ0) is 23.5. The van der Waals surface area contributed by atoms with Gasteiger partial charge in [0.15, 0.2) is 0 Å². The van der Waals surface area contributed by atoms with E-state index >= 15 is 0 Å². The fourth-order valence-corrected chi connectivity index (χ4v) is 3.77. The molecule has 0 aliphatic rings. The van der Waals surface area contributed by atoms with Crippen LogP contribution in [0.3, 0.4) is 0 Å². The number of benzene rings is 2. The number of hydrogen-bond donors (Lipinski definition) is 0. The lowest BCUT2D eigenvalue weighted by Gasteiger charge is -2.12. The standard InChI is InChI=1S/C29H35FN2O/c1-4-6-10-18-33-22(3)12-8-7-9-13-23-14-15-25(20-27(23)30)24-16-17-28-26(19-24)21-31-29(32-28)11-5-2/h5,9,13-17,19-22H,2,4,6-8,10-12,18H2,1,3H3/b13-9+. The predicted octanol–water partition coefficient (Wildman–Crippen LogP) is 7.94. The number of unbranched alkanes of at least 4 members (excludes halogenated alkanes) is 3. The molecule has 0 N–H and O–H groups in total. The first-order valence-electron chi connectivity index (χ1n) is 12.1. The number of hydrogen-bond acceptors (Lipinski definition) is 3. The van der Waals surface area contributed by atoms with Crippen LogP contribution in [-0.4, -0.2) is 22.7 Å². The zero-order valence-electron chi connectivity index (χ0n) is 19.9. The van der Waals surface area contributed by atoms with Crippen LogP contribution in [0.1, 0.15) is 63.8 Å². The van der Waals surface area contributed by atoms with Crippen molar-refractivity contribution in [3.05, 3.63) is 78.5 Å². The van der Waals surface area contributed by atoms with Crippen LogP contribution in [0, 0.1) is 5.82 Å². The average molecular weight is 447 g/mol.